The van der Waals surface area contributed by atoms with Crippen molar-refractivity contribution in [1.82, 2.24) is 4.72 Å². The van der Waals surface area contributed by atoms with E-state index in [0.29, 0.717) is 0 Å². The number of nitrogens with one attached hydrogen (secondary N) is 1. The van der Waals surface area contributed by atoms with Crippen LogP contribution in [0, 0.1) is 0 Å². The molecule has 0 unspecified atom stereocenters. The molecule has 0 aliphatic heterocycles. The molecule has 1 aliphatic carbocycles. The largest absolute Gasteiger partial charge is 0.351 e. The zero-order valence-corrected chi connectivity index (χ0v) is 8.27. The van der Waals surface area contributed by atoms with Gasteiger partial charge in [-0.25, -0.2) is 17.9 Å². The summed E-state index contributed by atoms with van der Waals surface area (Å²) in [6, 6.07) is -1.06. The Balaban J connectivity index is 0.000000265. The maximum absolute atomic E-state index is 10.3. The van der Waals surface area contributed by atoms with E-state index in [4.69, 9.17) is 0 Å². The molecule has 0 atom stereocenters. The third kappa shape index (κ3) is 8.37. The zero-order chi connectivity index (χ0) is 11.8. The molecule has 0 aromatic heterocycles. The highest BCUT2D eigenvalue weighted by atomic mass is 32.2. The Hall–Kier alpha value is -1.96. The van der Waals surface area contributed by atoms with Crippen LogP contribution in [-0.4, -0.2) is 26.0 Å². The van der Waals surface area contributed by atoms with Gasteiger partial charge in [-0.3, -0.25) is 9.59 Å². The minimum atomic E-state index is -2.86. The lowest BCUT2D eigenvalue weighted by Gasteiger charge is -1.87. The van der Waals surface area contributed by atoms with Crippen LogP contribution < -0.4 is 10.5 Å². The molecule has 82 valence electrons. The Kier molecular flexibility index (Phi) is 5.64. The van der Waals surface area contributed by atoms with Gasteiger partial charge in [0.25, 0.3) is 0 Å². The first-order valence-electron chi connectivity index (χ1n) is 3.56. The minimum Gasteiger partial charge on any atom is -0.351 e. The molecule has 7 nitrogen and oxygen atoms in total. The number of primary amides is 1. The fourth-order valence-electron chi connectivity index (χ4n) is 0.530. The first kappa shape index (κ1) is 13.0. The predicted octanol–water partition coefficient (Wildman–Crippen LogP) is -1.57. The molecular formula is C7H8N2O5S. The Bertz CT molecular complexity index is 362. The van der Waals surface area contributed by atoms with Crippen molar-refractivity contribution in [2.45, 2.75) is 0 Å². The summed E-state index contributed by atoms with van der Waals surface area (Å²) in [5.41, 5.74) is 4.36. The van der Waals surface area contributed by atoms with E-state index in [0.717, 1.165) is 0 Å². The molecule has 0 saturated carbocycles. The van der Waals surface area contributed by atoms with Crippen molar-refractivity contribution in [1.29, 1.82) is 0 Å². The summed E-state index contributed by atoms with van der Waals surface area (Å²) < 4.78 is 20.3. The second-order valence-electron chi connectivity index (χ2n) is 2.20. The Morgan fingerprint density at radius 1 is 1.07 bits per heavy atom. The van der Waals surface area contributed by atoms with E-state index in [9.17, 15) is 22.8 Å². The molecule has 2 amide bonds. The maximum Gasteiger partial charge on any atom is 0.325 e. The Morgan fingerprint density at radius 2 is 1.40 bits per heavy atom. The van der Waals surface area contributed by atoms with Crippen LogP contribution in [0.2, 0.25) is 0 Å². The molecule has 8 heteroatoms. The molecule has 0 fully saturated rings. The quantitative estimate of drug-likeness (QED) is 0.372. The van der Waals surface area contributed by atoms with E-state index in [1.807, 2.05) is 0 Å². The van der Waals surface area contributed by atoms with Crippen LogP contribution in [-0.2, 0) is 20.5 Å². The van der Waals surface area contributed by atoms with Crippen molar-refractivity contribution in [3.05, 3.63) is 24.3 Å². The van der Waals surface area contributed by atoms with E-state index < -0.39 is 16.9 Å². The number of ketones is 2. The van der Waals surface area contributed by atoms with Crippen LogP contribution >= 0.6 is 0 Å². The highest BCUT2D eigenvalue weighted by Gasteiger charge is 1.97. The number of carbonyl (C=O) groups excluding carboxylic acids is 3. The van der Waals surface area contributed by atoms with Gasteiger partial charge in [0.1, 0.15) is 0 Å². The third-order valence-corrected chi connectivity index (χ3v) is 1.43. The van der Waals surface area contributed by atoms with Gasteiger partial charge in [-0.1, -0.05) is 0 Å². The van der Waals surface area contributed by atoms with E-state index in [1.54, 1.807) is 0 Å². The van der Waals surface area contributed by atoms with Crippen LogP contribution in [0.4, 0.5) is 4.79 Å². The van der Waals surface area contributed by atoms with Gasteiger partial charge in [-0.15, -0.1) is 0 Å². The van der Waals surface area contributed by atoms with E-state index in [1.165, 1.54) is 29.0 Å². The SMILES string of the molecule is NC(=O)N[SH](=O)=O.O=C1C=CC(=O)C=C1. The molecule has 0 saturated heterocycles. The number of nitrogens with two attached hydrogens (primary N) is 1. The zero-order valence-electron chi connectivity index (χ0n) is 7.38. The molecular weight excluding hydrogens is 224 g/mol. The van der Waals surface area contributed by atoms with Gasteiger partial charge in [0, 0.05) is 0 Å². The molecule has 0 bridgehead atoms. The molecule has 15 heavy (non-hydrogen) atoms. The topological polar surface area (TPSA) is 123 Å². The number of thiol groups is 1. The normalized spacial score (nSPS) is 13.4. The van der Waals surface area contributed by atoms with Gasteiger partial charge in [-0.05, 0) is 24.3 Å². The molecule has 0 aromatic rings. The molecule has 0 radical (unpaired) electrons. The number of hydrogen-bond donors (Lipinski definition) is 3. The predicted molar refractivity (Wildman–Crippen MR) is 51.3 cm³/mol. The van der Waals surface area contributed by atoms with Crippen LogP contribution in [0.1, 0.15) is 0 Å². The van der Waals surface area contributed by atoms with Gasteiger partial charge in [0.05, 0.1) is 0 Å². The summed E-state index contributed by atoms with van der Waals surface area (Å²) in [5, 5.41) is 0. The monoisotopic (exact) mass is 232 g/mol. The lowest BCUT2D eigenvalue weighted by molar-refractivity contribution is -0.113. The number of amides is 2. The fraction of sp³-hybridized carbons (Fsp3) is 0. The third-order valence-electron chi connectivity index (χ3n) is 1.03. The van der Waals surface area contributed by atoms with Gasteiger partial charge in [-0.2, -0.15) is 0 Å². The minimum absolute atomic E-state index is 0.121. The van der Waals surface area contributed by atoms with E-state index in [-0.39, 0.29) is 11.6 Å². The average Bonchev–Trinajstić information content (AvgIpc) is 2.09. The van der Waals surface area contributed by atoms with Crippen LogP contribution in [0.25, 0.3) is 0 Å². The average molecular weight is 232 g/mol. The molecule has 0 aromatic carbocycles. The Morgan fingerprint density at radius 3 is 1.53 bits per heavy atom. The van der Waals surface area contributed by atoms with Crippen molar-refractivity contribution in [3.8, 4) is 0 Å². The highest BCUT2D eigenvalue weighted by Crippen LogP contribution is 1.90. The van der Waals surface area contributed by atoms with Crippen molar-refractivity contribution >= 4 is 28.5 Å². The molecule has 1 rings (SSSR count). The van der Waals surface area contributed by atoms with Gasteiger partial charge in [0.2, 0.25) is 10.9 Å². The standard InChI is InChI=1S/C6H4O2.CH4N2O3S/c7-5-1-2-6(8)4-3-5;2-1(4)3-7(5)6/h1-4H;7H,(H3,2,3,4,5,6). The summed E-state index contributed by atoms with van der Waals surface area (Å²) in [4.78, 5) is 30.1. The van der Waals surface area contributed by atoms with E-state index >= 15 is 0 Å². The number of allylic oxidation sites excluding steroid dienone is 4. The smallest absolute Gasteiger partial charge is 0.325 e. The fourth-order valence-corrected chi connectivity index (χ4v) is 0.710. The summed E-state index contributed by atoms with van der Waals surface area (Å²) in [5.74, 6) is -0.241. The lowest BCUT2D eigenvalue weighted by atomic mass is 10.2. The van der Waals surface area contributed by atoms with Crippen molar-refractivity contribution in [2.75, 3.05) is 0 Å². The summed E-state index contributed by atoms with van der Waals surface area (Å²) in [7, 11) is -2.86. The summed E-state index contributed by atoms with van der Waals surface area (Å²) in [6.45, 7) is 0. The second-order valence-corrected chi connectivity index (χ2v) is 2.94. The number of urea groups is 1. The first-order valence-corrected chi connectivity index (χ1v) is 4.74. The molecule has 3 N–H and O–H groups in total. The molecule has 1 aliphatic rings. The second kappa shape index (κ2) is 6.49. The van der Waals surface area contributed by atoms with E-state index in [2.05, 4.69) is 5.73 Å². The van der Waals surface area contributed by atoms with Gasteiger partial charge < -0.3 is 5.73 Å². The highest BCUT2D eigenvalue weighted by molar-refractivity contribution is 7.70. The first-order chi connectivity index (χ1) is 6.91. The number of hydrogen-bond acceptors (Lipinski definition) is 5. The number of rotatable bonds is 1. The Labute approximate surface area is 86.7 Å². The maximum atomic E-state index is 10.3. The summed E-state index contributed by atoms with van der Waals surface area (Å²) in [6.07, 6.45) is 5.01. The van der Waals surface area contributed by atoms with Crippen LogP contribution in [0.15, 0.2) is 24.3 Å². The van der Waals surface area contributed by atoms with Crippen LogP contribution in [0.3, 0.4) is 0 Å². The van der Waals surface area contributed by atoms with Gasteiger partial charge in [0.15, 0.2) is 11.6 Å². The van der Waals surface area contributed by atoms with Crippen molar-refractivity contribution < 1.29 is 22.8 Å². The summed E-state index contributed by atoms with van der Waals surface area (Å²) >= 11 is 0. The molecule has 0 spiro atoms. The lowest BCUT2D eigenvalue weighted by Crippen LogP contribution is -2.27. The number of carbonyl (C=O) groups is 3. The van der Waals surface area contributed by atoms with Gasteiger partial charge >= 0.3 is 6.03 Å². The van der Waals surface area contributed by atoms with Crippen molar-refractivity contribution in [2.24, 2.45) is 5.73 Å². The van der Waals surface area contributed by atoms with Crippen LogP contribution in [0.5, 0.6) is 0 Å². The van der Waals surface area contributed by atoms with Crippen molar-refractivity contribution in [3.63, 3.8) is 0 Å². The molecule has 0 heterocycles.